The first-order valence-corrected chi connectivity index (χ1v) is 9.02. The minimum atomic E-state index is 0. The second-order valence-electron chi connectivity index (χ2n) is 7.11. The number of hydrogen-bond acceptors (Lipinski definition) is 3. The molecule has 0 radical (unpaired) electrons. The third-order valence-electron chi connectivity index (χ3n) is 5.33. The highest BCUT2D eigenvalue weighted by atomic mass is 35.5. The van der Waals surface area contributed by atoms with Crippen molar-refractivity contribution in [2.75, 3.05) is 39.3 Å². The monoisotopic (exact) mass is 337 g/mol. The van der Waals surface area contributed by atoms with E-state index in [1.54, 1.807) is 0 Å². The maximum absolute atomic E-state index is 3.55. The summed E-state index contributed by atoms with van der Waals surface area (Å²) >= 11 is 0. The number of benzene rings is 1. The molecule has 2 heterocycles. The van der Waals surface area contributed by atoms with E-state index in [1.807, 2.05) is 0 Å². The molecule has 0 spiro atoms. The molecule has 2 aliphatic rings. The average Bonchev–Trinajstić information content (AvgIpc) is 2.73. The van der Waals surface area contributed by atoms with Crippen LogP contribution < -0.4 is 5.32 Å². The van der Waals surface area contributed by atoms with Gasteiger partial charge in [-0.3, -0.25) is 4.90 Å². The third-order valence-corrected chi connectivity index (χ3v) is 5.33. The topological polar surface area (TPSA) is 18.5 Å². The fourth-order valence-electron chi connectivity index (χ4n) is 3.83. The summed E-state index contributed by atoms with van der Waals surface area (Å²) in [5.41, 5.74) is 1.44. The Labute approximate surface area is 147 Å². The molecule has 130 valence electrons. The van der Waals surface area contributed by atoms with E-state index in [0.29, 0.717) is 6.04 Å². The summed E-state index contributed by atoms with van der Waals surface area (Å²) in [6.07, 6.45) is 4.06. The van der Waals surface area contributed by atoms with Crippen LogP contribution in [0.2, 0.25) is 0 Å². The van der Waals surface area contributed by atoms with Crippen molar-refractivity contribution >= 4 is 12.4 Å². The lowest BCUT2D eigenvalue weighted by atomic mass is 9.99. The highest BCUT2D eigenvalue weighted by molar-refractivity contribution is 5.85. The van der Waals surface area contributed by atoms with Gasteiger partial charge in [0.05, 0.1) is 0 Å². The normalized spacial score (nSPS) is 27.2. The predicted molar refractivity (Wildman–Crippen MR) is 100 cm³/mol. The summed E-state index contributed by atoms with van der Waals surface area (Å²) in [5.74, 6) is 0.865. The van der Waals surface area contributed by atoms with E-state index in [1.165, 1.54) is 64.1 Å². The fourth-order valence-corrected chi connectivity index (χ4v) is 3.83. The molecular formula is C19H32ClN3. The van der Waals surface area contributed by atoms with Gasteiger partial charge in [-0.25, -0.2) is 0 Å². The van der Waals surface area contributed by atoms with E-state index >= 15 is 0 Å². The molecule has 0 aliphatic carbocycles. The standard InChI is InChI=1S/C19H31N3.ClH/c1-17-9-11-21(15-19-8-5-10-20-14-19)12-13-22(17)16-18-6-3-2-4-7-18;/h2-4,6-7,17,19-20H,5,8-16H2,1H3;1H. The van der Waals surface area contributed by atoms with Crippen molar-refractivity contribution in [2.24, 2.45) is 5.92 Å². The smallest absolute Gasteiger partial charge is 0.0237 e. The van der Waals surface area contributed by atoms with Crippen molar-refractivity contribution in [1.82, 2.24) is 15.1 Å². The Hall–Kier alpha value is -0.610. The molecule has 0 bridgehead atoms. The van der Waals surface area contributed by atoms with E-state index in [4.69, 9.17) is 0 Å². The molecule has 1 aromatic carbocycles. The lowest BCUT2D eigenvalue weighted by molar-refractivity contribution is 0.195. The number of halogens is 1. The minimum Gasteiger partial charge on any atom is -0.316 e. The van der Waals surface area contributed by atoms with Crippen LogP contribution in [0.15, 0.2) is 30.3 Å². The summed E-state index contributed by atoms with van der Waals surface area (Å²) < 4.78 is 0. The molecule has 3 nitrogen and oxygen atoms in total. The van der Waals surface area contributed by atoms with E-state index < -0.39 is 0 Å². The van der Waals surface area contributed by atoms with Gasteiger partial charge in [0.25, 0.3) is 0 Å². The van der Waals surface area contributed by atoms with Gasteiger partial charge in [-0.2, -0.15) is 0 Å². The zero-order valence-corrected chi connectivity index (χ0v) is 15.2. The third kappa shape index (κ3) is 5.75. The Kier molecular flexibility index (Phi) is 7.84. The number of hydrogen-bond donors (Lipinski definition) is 1. The molecule has 23 heavy (non-hydrogen) atoms. The molecule has 4 heteroatoms. The van der Waals surface area contributed by atoms with Crippen LogP contribution in [0.3, 0.4) is 0 Å². The quantitative estimate of drug-likeness (QED) is 0.911. The zero-order chi connectivity index (χ0) is 15.2. The predicted octanol–water partition coefficient (Wildman–Crippen LogP) is 3.00. The van der Waals surface area contributed by atoms with Gasteiger partial charge in [-0.1, -0.05) is 30.3 Å². The molecular weight excluding hydrogens is 306 g/mol. The van der Waals surface area contributed by atoms with Gasteiger partial charge in [0, 0.05) is 32.2 Å². The van der Waals surface area contributed by atoms with Gasteiger partial charge in [-0.15, -0.1) is 12.4 Å². The molecule has 3 rings (SSSR count). The minimum absolute atomic E-state index is 0. The Balaban J connectivity index is 0.00000192. The van der Waals surface area contributed by atoms with Crippen LogP contribution in [0, 0.1) is 5.92 Å². The van der Waals surface area contributed by atoms with Gasteiger partial charge in [0.2, 0.25) is 0 Å². The summed E-state index contributed by atoms with van der Waals surface area (Å²) in [4.78, 5) is 5.37. The van der Waals surface area contributed by atoms with Crippen molar-refractivity contribution < 1.29 is 0 Å². The first-order valence-electron chi connectivity index (χ1n) is 9.02. The van der Waals surface area contributed by atoms with Gasteiger partial charge < -0.3 is 10.2 Å². The Morgan fingerprint density at radius 1 is 1.09 bits per heavy atom. The molecule has 2 fully saturated rings. The van der Waals surface area contributed by atoms with E-state index in [0.717, 1.165) is 12.5 Å². The van der Waals surface area contributed by atoms with Crippen molar-refractivity contribution in [3.63, 3.8) is 0 Å². The van der Waals surface area contributed by atoms with E-state index in [2.05, 4.69) is 52.4 Å². The largest absolute Gasteiger partial charge is 0.316 e. The first-order chi connectivity index (χ1) is 10.8. The Morgan fingerprint density at radius 3 is 2.65 bits per heavy atom. The molecule has 0 amide bonds. The molecule has 0 saturated carbocycles. The van der Waals surface area contributed by atoms with Crippen molar-refractivity contribution in [1.29, 1.82) is 0 Å². The van der Waals surface area contributed by atoms with Crippen LogP contribution >= 0.6 is 12.4 Å². The van der Waals surface area contributed by atoms with Crippen molar-refractivity contribution in [3.05, 3.63) is 35.9 Å². The lowest BCUT2D eigenvalue weighted by Crippen LogP contribution is -2.39. The maximum atomic E-state index is 3.55. The van der Waals surface area contributed by atoms with E-state index in [-0.39, 0.29) is 12.4 Å². The summed E-state index contributed by atoms with van der Waals surface area (Å²) in [7, 11) is 0. The molecule has 2 saturated heterocycles. The van der Waals surface area contributed by atoms with Gasteiger partial charge in [0.1, 0.15) is 0 Å². The molecule has 1 aromatic rings. The first kappa shape index (κ1) is 18.7. The number of piperidine rings is 1. The van der Waals surface area contributed by atoms with Gasteiger partial charge in [0.15, 0.2) is 0 Å². The average molecular weight is 338 g/mol. The maximum Gasteiger partial charge on any atom is 0.0237 e. The zero-order valence-electron chi connectivity index (χ0n) is 14.4. The lowest BCUT2D eigenvalue weighted by Gasteiger charge is -2.29. The fraction of sp³-hybridized carbons (Fsp3) is 0.684. The Morgan fingerprint density at radius 2 is 1.91 bits per heavy atom. The molecule has 1 N–H and O–H groups in total. The number of rotatable bonds is 4. The van der Waals surface area contributed by atoms with Crippen LogP contribution in [-0.4, -0.2) is 55.1 Å². The number of nitrogens with one attached hydrogen (secondary N) is 1. The summed E-state index contributed by atoms with van der Waals surface area (Å²) in [6, 6.07) is 11.6. The van der Waals surface area contributed by atoms with Gasteiger partial charge >= 0.3 is 0 Å². The van der Waals surface area contributed by atoms with Crippen LogP contribution in [0.25, 0.3) is 0 Å². The summed E-state index contributed by atoms with van der Waals surface area (Å²) in [6.45, 7) is 10.9. The molecule has 2 aliphatic heterocycles. The van der Waals surface area contributed by atoms with Crippen LogP contribution in [0.5, 0.6) is 0 Å². The van der Waals surface area contributed by atoms with Crippen LogP contribution in [0.1, 0.15) is 31.7 Å². The Bertz CT molecular complexity index is 434. The van der Waals surface area contributed by atoms with Crippen LogP contribution in [-0.2, 0) is 6.54 Å². The molecule has 2 unspecified atom stereocenters. The highest BCUT2D eigenvalue weighted by Crippen LogP contribution is 2.17. The second-order valence-corrected chi connectivity index (χ2v) is 7.11. The number of nitrogens with zero attached hydrogens (tertiary/aromatic N) is 2. The highest BCUT2D eigenvalue weighted by Gasteiger charge is 2.23. The van der Waals surface area contributed by atoms with E-state index in [9.17, 15) is 0 Å². The SMILES string of the molecule is CC1CCN(CC2CCCNC2)CCN1Cc1ccccc1.Cl. The van der Waals surface area contributed by atoms with Crippen LogP contribution in [0.4, 0.5) is 0 Å². The molecule has 0 aromatic heterocycles. The van der Waals surface area contributed by atoms with Crippen molar-refractivity contribution in [3.8, 4) is 0 Å². The second kappa shape index (κ2) is 9.63. The van der Waals surface area contributed by atoms with Gasteiger partial charge in [-0.05, 0) is 57.3 Å². The van der Waals surface area contributed by atoms with Crippen molar-refractivity contribution in [2.45, 2.75) is 38.8 Å². The summed E-state index contributed by atoms with van der Waals surface area (Å²) in [5, 5.41) is 3.55. The molecule has 2 atom stereocenters.